The largest absolute Gasteiger partial charge is 0.484 e. The Balaban J connectivity index is 1.56. The van der Waals surface area contributed by atoms with Gasteiger partial charge < -0.3 is 15.0 Å². The van der Waals surface area contributed by atoms with Gasteiger partial charge in [-0.3, -0.25) is 4.79 Å². The van der Waals surface area contributed by atoms with Gasteiger partial charge in [0.15, 0.2) is 6.61 Å². The van der Waals surface area contributed by atoms with Gasteiger partial charge in [0.05, 0.1) is 0 Å². The van der Waals surface area contributed by atoms with Crippen LogP contribution >= 0.6 is 0 Å². The highest BCUT2D eigenvalue weighted by Gasteiger charge is 2.13. The van der Waals surface area contributed by atoms with Crippen LogP contribution in [0.4, 0.5) is 15.8 Å². The Labute approximate surface area is 134 Å². The van der Waals surface area contributed by atoms with Crippen molar-refractivity contribution in [1.82, 2.24) is 0 Å². The molecule has 1 amide bonds. The highest BCUT2D eigenvalue weighted by molar-refractivity contribution is 5.92. The van der Waals surface area contributed by atoms with Crippen LogP contribution in [0, 0.1) is 5.82 Å². The smallest absolute Gasteiger partial charge is 0.262 e. The van der Waals surface area contributed by atoms with E-state index in [1.54, 1.807) is 12.1 Å². The van der Waals surface area contributed by atoms with Gasteiger partial charge in [0.2, 0.25) is 0 Å². The Morgan fingerprint density at radius 3 is 2.70 bits per heavy atom. The summed E-state index contributed by atoms with van der Waals surface area (Å²) in [4.78, 5) is 14.3. The molecule has 0 spiro atoms. The maximum absolute atomic E-state index is 13.0. The Morgan fingerprint density at radius 1 is 1.13 bits per heavy atom. The number of benzene rings is 2. The molecule has 5 heteroatoms. The van der Waals surface area contributed by atoms with Crippen molar-refractivity contribution in [1.29, 1.82) is 0 Å². The Bertz CT molecular complexity index is 684. The summed E-state index contributed by atoms with van der Waals surface area (Å²) in [6, 6.07) is 13.5. The van der Waals surface area contributed by atoms with E-state index in [4.69, 9.17) is 4.74 Å². The maximum atomic E-state index is 13.0. The van der Waals surface area contributed by atoms with Gasteiger partial charge in [-0.2, -0.15) is 0 Å². The number of rotatable bonds is 5. The summed E-state index contributed by atoms with van der Waals surface area (Å²) in [5.74, 6) is -0.319. The van der Waals surface area contributed by atoms with Gasteiger partial charge >= 0.3 is 0 Å². The molecule has 2 aromatic rings. The molecule has 1 aliphatic rings. The molecule has 1 heterocycles. The van der Waals surface area contributed by atoms with Gasteiger partial charge in [-0.25, -0.2) is 4.39 Å². The van der Waals surface area contributed by atoms with Gasteiger partial charge in [0.1, 0.15) is 11.6 Å². The fraction of sp³-hybridized carbons (Fsp3) is 0.278. The molecule has 0 radical (unpaired) electrons. The summed E-state index contributed by atoms with van der Waals surface area (Å²) >= 11 is 0. The summed E-state index contributed by atoms with van der Waals surface area (Å²) in [7, 11) is 0. The molecule has 0 aliphatic carbocycles. The number of carbonyl (C=O) groups is 1. The molecule has 1 N–H and O–H groups in total. The van der Waals surface area contributed by atoms with Crippen molar-refractivity contribution in [3.8, 4) is 5.75 Å². The minimum Gasteiger partial charge on any atom is -0.484 e. The monoisotopic (exact) mass is 314 g/mol. The second-order valence-electron chi connectivity index (χ2n) is 5.54. The molecule has 0 atom stereocenters. The Kier molecular flexibility index (Phi) is 4.76. The number of carbonyl (C=O) groups excluding carboxylic acids is 1. The van der Waals surface area contributed by atoms with E-state index in [1.165, 1.54) is 25.0 Å². The summed E-state index contributed by atoms with van der Waals surface area (Å²) in [5, 5.41) is 2.81. The molecule has 0 aromatic heterocycles. The van der Waals surface area contributed by atoms with E-state index < -0.39 is 0 Å². The highest BCUT2D eigenvalue weighted by atomic mass is 19.1. The first-order valence-corrected chi connectivity index (χ1v) is 7.74. The second-order valence-corrected chi connectivity index (χ2v) is 5.54. The van der Waals surface area contributed by atoms with Gasteiger partial charge in [0, 0.05) is 30.5 Å². The zero-order chi connectivity index (χ0) is 16.1. The van der Waals surface area contributed by atoms with E-state index in [9.17, 15) is 9.18 Å². The van der Waals surface area contributed by atoms with Crippen LogP contribution in [0.25, 0.3) is 0 Å². The number of amides is 1. The highest BCUT2D eigenvalue weighted by Crippen LogP contribution is 2.23. The molecule has 120 valence electrons. The van der Waals surface area contributed by atoms with E-state index in [0.717, 1.165) is 24.5 Å². The lowest BCUT2D eigenvalue weighted by atomic mass is 10.2. The minimum atomic E-state index is -0.388. The van der Waals surface area contributed by atoms with Crippen LogP contribution in [0.2, 0.25) is 0 Å². The summed E-state index contributed by atoms with van der Waals surface area (Å²) in [6.07, 6.45) is 2.41. The molecule has 0 unspecified atom stereocenters. The maximum Gasteiger partial charge on any atom is 0.262 e. The third-order valence-electron chi connectivity index (χ3n) is 3.77. The van der Waals surface area contributed by atoms with Crippen molar-refractivity contribution in [3.63, 3.8) is 0 Å². The SMILES string of the molecule is O=C(COc1cccc(F)c1)Nc1cccc(N2CCCC2)c1. The average Bonchev–Trinajstić information content (AvgIpc) is 3.08. The van der Waals surface area contributed by atoms with Crippen LogP contribution in [0.15, 0.2) is 48.5 Å². The van der Waals surface area contributed by atoms with Crippen molar-refractivity contribution in [2.75, 3.05) is 29.9 Å². The first-order valence-electron chi connectivity index (χ1n) is 7.74. The molecule has 0 saturated carbocycles. The molecule has 23 heavy (non-hydrogen) atoms. The van der Waals surface area contributed by atoms with Crippen LogP contribution in [0.5, 0.6) is 5.75 Å². The number of nitrogens with one attached hydrogen (secondary N) is 1. The van der Waals surface area contributed by atoms with Gasteiger partial charge in [-0.05, 0) is 43.2 Å². The zero-order valence-corrected chi connectivity index (χ0v) is 12.8. The summed E-state index contributed by atoms with van der Waals surface area (Å²) in [5.41, 5.74) is 1.86. The van der Waals surface area contributed by atoms with Crippen LogP contribution in [0.1, 0.15) is 12.8 Å². The fourth-order valence-electron chi connectivity index (χ4n) is 2.66. The number of halogens is 1. The first kappa shape index (κ1) is 15.3. The molecule has 2 aromatic carbocycles. The molecule has 1 saturated heterocycles. The third-order valence-corrected chi connectivity index (χ3v) is 3.77. The van der Waals surface area contributed by atoms with Gasteiger partial charge in [-0.15, -0.1) is 0 Å². The fourth-order valence-corrected chi connectivity index (χ4v) is 2.66. The van der Waals surface area contributed by atoms with Crippen molar-refractivity contribution >= 4 is 17.3 Å². The molecule has 4 nitrogen and oxygen atoms in total. The predicted octanol–water partition coefficient (Wildman–Crippen LogP) is 3.44. The first-order chi connectivity index (χ1) is 11.2. The molecular weight excluding hydrogens is 295 g/mol. The number of ether oxygens (including phenoxy) is 1. The lowest BCUT2D eigenvalue weighted by Crippen LogP contribution is -2.21. The van der Waals surface area contributed by atoms with Gasteiger partial charge in [-0.1, -0.05) is 12.1 Å². The topological polar surface area (TPSA) is 41.6 Å². The Hall–Kier alpha value is -2.56. The molecule has 1 aliphatic heterocycles. The number of hydrogen-bond donors (Lipinski definition) is 1. The molecular formula is C18H19FN2O2. The molecule has 0 bridgehead atoms. The summed E-state index contributed by atoms with van der Waals surface area (Å²) in [6.45, 7) is 1.96. The van der Waals surface area contributed by atoms with Crippen molar-refractivity contribution in [3.05, 3.63) is 54.3 Å². The minimum absolute atomic E-state index is 0.155. The lowest BCUT2D eigenvalue weighted by molar-refractivity contribution is -0.118. The van der Waals surface area contributed by atoms with Crippen LogP contribution in [-0.2, 0) is 4.79 Å². The van der Waals surface area contributed by atoms with Crippen molar-refractivity contribution < 1.29 is 13.9 Å². The molecule has 1 fully saturated rings. The van der Waals surface area contributed by atoms with E-state index in [1.807, 2.05) is 24.3 Å². The third kappa shape index (κ3) is 4.22. The van der Waals surface area contributed by atoms with E-state index in [0.29, 0.717) is 5.75 Å². The predicted molar refractivity (Wildman–Crippen MR) is 88.4 cm³/mol. The number of anilines is 2. The van der Waals surface area contributed by atoms with E-state index >= 15 is 0 Å². The van der Waals surface area contributed by atoms with E-state index in [2.05, 4.69) is 10.2 Å². The Morgan fingerprint density at radius 2 is 1.91 bits per heavy atom. The number of nitrogens with zero attached hydrogens (tertiary/aromatic N) is 1. The molecule has 3 rings (SSSR count). The van der Waals surface area contributed by atoms with Crippen molar-refractivity contribution in [2.24, 2.45) is 0 Å². The zero-order valence-electron chi connectivity index (χ0n) is 12.8. The van der Waals surface area contributed by atoms with Crippen molar-refractivity contribution in [2.45, 2.75) is 12.8 Å². The van der Waals surface area contributed by atoms with E-state index in [-0.39, 0.29) is 18.3 Å². The van der Waals surface area contributed by atoms with Crippen LogP contribution < -0.4 is 15.0 Å². The normalized spacial score (nSPS) is 13.9. The number of hydrogen-bond acceptors (Lipinski definition) is 3. The quantitative estimate of drug-likeness (QED) is 0.919. The van der Waals surface area contributed by atoms with Crippen LogP contribution in [-0.4, -0.2) is 25.6 Å². The summed E-state index contributed by atoms with van der Waals surface area (Å²) < 4.78 is 18.3. The van der Waals surface area contributed by atoms with Gasteiger partial charge in [0.25, 0.3) is 5.91 Å². The van der Waals surface area contributed by atoms with Crippen LogP contribution in [0.3, 0.4) is 0 Å². The lowest BCUT2D eigenvalue weighted by Gasteiger charge is -2.18. The second kappa shape index (κ2) is 7.13. The average molecular weight is 314 g/mol. The standard InChI is InChI=1S/C18H19FN2O2/c19-14-5-3-8-17(11-14)23-13-18(22)20-15-6-4-7-16(12-15)21-9-1-2-10-21/h3-8,11-12H,1-2,9-10,13H2,(H,20,22).